The Hall–Kier alpha value is -1.97. The zero-order chi connectivity index (χ0) is 19.1. The van der Waals surface area contributed by atoms with Crippen molar-refractivity contribution in [2.75, 3.05) is 31.6 Å². The second-order valence-electron chi connectivity index (χ2n) is 7.00. The fourth-order valence-electron chi connectivity index (χ4n) is 3.30. The molecule has 2 atom stereocenters. The summed E-state index contributed by atoms with van der Waals surface area (Å²) in [5.74, 6) is 1.70. The van der Waals surface area contributed by atoms with Crippen molar-refractivity contribution in [3.8, 4) is 5.75 Å². The van der Waals surface area contributed by atoms with Crippen LogP contribution in [0.5, 0.6) is 5.75 Å². The van der Waals surface area contributed by atoms with Crippen LogP contribution in [-0.4, -0.2) is 54.6 Å². The zero-order valence-corrected chi connectivity index (χ0v) is 19.2. The van der Waals surface area contributed by atoms with Gasteiger partial charge in [-0.25, -0.2) is 0 Å². The maximum atomic E-state index is 5.91. The van der Waals surface area contributed by atoms with Gasteiger partial charge in [-0.2, -0.15) is 5.10 Å². The number of nitrogens with one attached hydrogen (secondary N) is 2. The van der Waals surface area contributed by atoms with Crippen molar-refractivity contribution < 1.29 is 4.74 Å². The number of piperidine rings is 1. The van der Waals surface area contributed by atoms with Gasteiger partial charge in [-0.1, -0.05) is 18.2 Å². The second-order valence-corrected chi connectivity index (χ2v) is 7.00. The van der Waals surface area contributed by atoms with E-state index in [2.05, 4.69) is 38.7 Å². The number of anilines is 1. The molecule has 2 unspecified atom stereocenters. The Morgan fingerprint density at radius 3 is 2.82 bits per heavy atom. The molecule has 1 aliphatic heterocycles. The minimum absolute atomic E-state index is 0. The number of nitrogens with zero attached hydrogens (tertiary/aromatic N) is 4. The number of hydrogen-bond donors (Lipinski definition) is 2. The normalized spacial score (nSPS) is 18.2. The van der Waals surface area contributed by atoms with E-state index in [9.17, 15) is 0 Å². The summed E-state index contributed by atoms with van der Waals surface area (Å²) in [4.78, 5) is 6.74. The maximum Gasteiger partial charge on any atom is 0.191 e. The van der Waals surface area contributed by atoms with Gasteiger partial charge in [0.25, 0.3) is 0 Å². The molecule has 1 aromatic carbocycles. The molecule has 0 spiro atoms. The number of aryl methyl sites for hydroxylation is 1. The van der Waals surface area contributed by atoms with Crippen LogP contribution < -0.4 is 20.3 Å². The highest BCUT2D eigenvalue weighted by atomic mass is 127. The lowest BCUT2D eigenvalue weighted by atomic mass is 10.1. The van der Waals surface area contributed by atoms with Crippen LogP contribution >= 0.6 is 24.0 Å². The van der Waals surface area contributed by atoms with Crippen LogP contribution in [-0.2, 0) is 7.05 Å². The van der Waals surface area contributed by atoms with E-state index in [1.807, 2.05) is 48.3 Å². The van der Waals surface area contributed by atoms with Gasteiger partial charge in [0.1, 0.15) is 11.9 Å². The Morgan fingerprint density at radius 1 is 1.36 bits per heavy atom. The first kappa shape index (κ1) is 22.3. The van der Waals surface area contributed by atoms with Gasteiger partial charge >= 0.3 is 0 Å². The first-order valence-corrected chi connectivity index (χ1v) is 9.56. The number of hydrogen-bond acceptors (Lipinski definition) is 4. The molecular weight excluding hydrogens is 467 g/mol. The first-order chi connectivity index (χ1) is 13.1. The molecule has 0 saturated carbocycles. The number of aliphatic imine (C=N–C) groups is 1. The number of para-hydroxylation sites is 1. The molecule has 0 bridgehead atoms. The fourth-order valence-corrected chi connectivity index (χ4v) is 3.30. The highest BCUT2D eigenvalue weighted by Gasteiger charge is 2.22. The second kappa shape index (κ2) is 11.1. The third-order valence-electron chi connectivity index (χ3n) is 4.68. The van der Waals surface area contributed by atoms with E-state index < -0.39 is 0 Å². The van der Waals surface area contributed by atoms with Gasteiger partial charge < -0.3 is 20.3 Å². The van der Waals surface area contributed by atoms with E-state index in [-0.39, 0.29) is 30.1 Å². The first-order valence-electron chi connectivity index (χ1n) is 9.56. The third kappa shape index (κ3) is 6.57. The molecule has 2 aromatic rings. The van der Waals surface area contributed by atoms with Crippen LogP contribution in [0.2, 0.25) is 0 Å². The summed E-state index contributed by atoms with van der Waals surface area (Å²) in [6.45, 7) is 4.76. The van der Waals surface area contributed by atoms with Crippen molar-refractivity contribution in [2.24, 2.45) is 12.0 Å². The number of rotatable bonds is 6. The lowest BCUT2D eigenvalue weighted by Crippen LogP contribution is -2.52. The van der Waals surface area contributed by atoms with Crippen LogP contribution in [0.1, 0.15) is 19.8 Å². The van der Waals surface area contributed by atoms with Gasteiger partial charge in [-0.15, -0.1) is 24.0 Å². The molecule has 2 N–H and O–H groups in total. The Morgan fingerprint density at radius 2 is 2.14 bits per heavy atom. The smallest absolute Gasteiger partial charge is 0.191 e. The van der Waals surface area contributed by atoms with Gasteiger partial charge in [0, 0.05) is 39.4 Å². The molecule has 1 aliphatic rings. The number of halogens is 1. The summed E-state index contributed by atoms with van der Waals surface area (Å²) in [6.07, 6.45) is 6.32. The third-order valence-corrected chi connectivity index (χ3v) is 4.68. The van der Waals surface area contributed by atoms with E-state index in [1.54, 1.807) is 7.05 Å². The molecule has 3 rings (SSSR count). The highest BCUT2D eigenvalue weighted by Crippen LogP contribution is 2.19. The molecule has 2 heterocycles. The van der Waals surface area contributed by atoms with Crippen LogP contribution in [0.4, 0.5) is 5.69 Å². The summed E-state index contributed by atoms with van der Waals surface area (Å²) < 4.78 is 7.76. The molecule has 0 amide bonds. The van der Waals surface area contributed by atoms with Crippen molar-refractivity contribution in [3.05, 3.63) is 42.7 Å². The fraction of sp³-hybridized carbons (Fsp3) is 0.500. The minimum Gasteiger partial charge on any atom is -0.489 e. The van der Waals surface area contributed by atoms with Crippen molar-refractivity contribution in [1.82, 2.24) is 20.4 Å². The lowest BCUT2D eigenvalue weighted by Gasteiger charge is -2.34. The van der Waals surface area contributed by atoms with E-state index in [1.165, 1.54) is 5.69 Å². The van der Waals surface area contributed by atoms with E-state index >= 15 is 0 Å². The van der Waals surface area contributed by atoms with E-state index in [4.69, 9.17) is 4.74 Å². The quantitative estimate of drug-likeness (QED) is 0.364. The molecular formula is C20H31IN6O. The van der Waals surface area contributed by atoms with Gasteiger partial charge in [-0.05, 0) is 31.9 Å². The largest absolute Gasteiger partial charge is 0.489 e. The molecule has 8 heteroatoms. The SMILES string of the molecule is CN=C(NCC(C)Oc1ccccc1)NC1CCCN(c2cnn(C)c2)C1.I. The predicted molar refractivity (Wildman–Crippen MR) is 125 cm³/mol. The summed E-state index contributed by atoms with van der Waals surface area (Å²) >= 11 is 0. The van der Waals surface area contributed by atoms with Gasteiger partial charge in [-0.3, -0.25) is 9.67 Å². The summed E-state index contributed by atoms with van der Waals surface area (Å²) in [6, 6.07) is 10.2. The van der Waals surface area contributed by atoms with Crippen LogP contribution in [0.15, 0.2) is 47.7 Å². The number of benzene rings is 1. The van der Waals surface area contributed by atoms with Crippen LogP contribution in [0.3, 0.4) is 0 Å². The lowest BCUT2D eigenvalue weighted by molar-refractivity contribution is 0.223. The van der Waals surface area contributed by atoms with Crippen molar-refractivity contribution in [2.45, 2.75) is 31.9 Å². The predicted octanol–water partition coefficient (Wildman–Crippen LogP) is 2.64. The van der Waals surface area contributed by atoms with E-state index in [0.717, 1.165) is 37.6 Å². The van der Waals surface area contributed by atoms with Crippen LogP contribution in [0.25, 0.3) is 0 Å². The molecule has 1 fully saturated rings. The molecule has 1 aromatic heterocycles. The average Bonchev–Trinajstić information content (AvgIpc) is 3.12. The number of guanidine groups is 1. The van der Waals surface area contributed by atoms with Crippen molar-refractivity contribution in [3.63, 3.8) is 0 Å². The van der Waals surface area contributed by atoms with Crippen LogP contribution in [0, 0.1) is 0 Å². The average molecular weight is 498 g/mol. The summed E-state index contributed by atoms with van der Waals surface area (Å²) in [5.41, 5.74) is 1.18. The maximum absolute atomic E-state index is 5.91. The zero-order valence-electron chi connectivity index (χ0n) is 16.8. The standard InChI is InChI=1S/C20H30N6O.HI/c1-16(27-19-9-5-4-6-10-19)12-22-20(21-2)24-17-8-7-11-26(14-17)18-13-23-25(3)15-18;/h4-6,9-10,13,15-17H,7-8,11-12,14H2,1-3H3,(H2,21,22,24);1H. The number of ether oxygens (including phenoxy) is 1. The molecule has 1 saturated heterocycles. The van der Waals surface area contributed by atoms with Gasteiger partial charge in [0.15, 0.2) is 5.96 Å². The molecule has 28 heavy (non-hydrogen) atoms. The molecule has 0 radical (unpaired) electrons. The highest BCUT2D eigenvalue weighted by molar-refractivity contribution is 14.0. The monoisotopic (exact) mass is 498 g/mol. The molecule has 7 nitrogen and oxygen atoms in total. The Kier molecular flexibility index (Phi) is 8.88. The molecule has 154 valence electrons. The van der Waals surface area contributed by atoms with Crippen molar-refractivity contribution >= 4 is 35.6 Å². The van der Waals surface area contributed by atoms with Gasteiger partial charge in [0.05, 0.1) is 18.4 Å². The topological polar surface area (TPSA) is 66.7 Å². The Bertz CT molecular complexity index is 735. The minimum atomic E-state index is 0. The van der Waals surface area contributed by atoms with Crippen molar-refractivity contribution in [1.29, 1.82) is 0 Å². The summed E-state index contributed by atoms with van der Waals surface area (Å²) in [5, 5.41) is 11.2. The summed E-state index contributed by atoms with van der Waals surface area (Å²) in [7, 11) is 3.76. The van der Waals surface area contributed by atoms with E-state index in [0.29, 0.717) is 12.6 Å². The number of aromatic nitrogens is 2. The Balaban J connectivity index is 0.00000280. The molecule has 0 aliphatic carbocycles. The Labute approximate surface area is 184 Å². The van der Waals surface area contributed by atoms with Gasteiger partial charge in [0.2, 0.25) is 0 Å².